The van der Waals surface area contributed by atoms with Crippen molar-refractivity contribution in [3.63, 3.8) is 0 Å². The highest BCUT2D eigenvalue weighted by molar-refractivity contribution is 6.04. The molecule has 0 atom stereocenters. The number of hydrogen-bond acceptors (Lipinski definition) is 4. The van der Waals surface area contributed by atoms with E-state index in [0.29, 0.717) is 5.82 Å². The van der Waals surface area contributed by atoms with Crippen LogP contribution in [0.15, 0.2) is 182 Å². The van der Waals surface area contributed by atoms with E-state index in [1.165, 1.54) is 11.1 Å². The molecule has 0 bridgehead atoms. The van der Waals surface area contributed by atoms with Crippen LogP contribution in [0.25, 0.3) is 89.4 Å². The van der Waals surface area contributed by atoms with Gasteiger partial charge >= 0.3 is 0 Å². The summed E-state index contributed by atoms with van der Waals surface area (Å²) in [7, 11) is 0. The fourth-order valence-corrected chi connectivity index (χ4v) is 6.43. The zero-order valence-electron chi connectivity index (χ0n) is 27.1. The Morgan fingerprint density at radius 3 is 1.06 bits per heavy atom. The molecule has 0 aliphatic rings. The van der Waals surface area contributed by atoms with Gasteiger partial charge in [-0.05, 0) is 29.3 Å². The lowest BCUT2D eigenvalue weighted by atomic mass is 10.0. The molecule has 0 amide bonds. The second-order valence-corrected chi connectivity index (χ2v) is 12.3. The minimum atomic E-state index is 0.694. The van der Waals surface area contributed by atoms with Crippen molar-refractivity contribution < 1.29 is 0 Å². The third-order valence-corrected chi connectivity index (χ3v) is 9.11. The molecule has 234 valence electrons. The summed E-state index contributed by atoms with van der Waals surface area (Å²) in [5, 5.41) is 2.13. The van der Waals surface area contributed by atoms with Gasteiger partial charge in [0.25, 0.3) is 0 Å². The number of nitrogens with zero attached hydrogens (tertiary/aromatic N) is 4. The van der Waals surface area contributed by atoms with Gasteiger partial charge in [0.15, 0.2) is 5.82 Å². The van der Waals surface area contributed by atoms with Gasteiger partial charge in [0.1, 0.15) is 0 Å². The number of rotatable bonds is 6. The van der Waals surface area contributed by atoms with Crippen LogP contribution in [-0.2, 0) is 0 Å². The fourth-order valence-electron chi connectivity index (χ4n) is 6.43. The lowest BCUT2D eigenvalue weighted by molar-refractivity contribution is 1.18. The predicted molar refractivity (Wildman–Crippen MR) is 205 cm³/mol. The second kappa shape index (κ2) is 12.7. The van der Waals surface area contributed by atoms with Gasteiger partial charge in [-0.2, -0.15) is 0 Å². The molecule has 9 aromatic rings. The van der Waals surface area contributed by atoms with E-state index in [4.69, 9.17) is 19.9 Å². The molecule has 0 saturated heterocycles. The Hall–Kier alpha value is -6.78. The number of benzene rings is 6. The first-order chi connectivity index (χ1) is 24.7. The first kappa shape index (κ1) is 29.4. The van der Waals surface area contributed by atoms with Crippen LogP contribution in [0.2, 0.25) is 0 Å². The Morgan fingerprint density at radius 2 is 0.580 bits per heavy atom. The molecule has 0 N–H and O–H groups in total. The monoisotopic (exact) mass is 638 g/mol. The summed E-state index contributed by atoms with van der Waals surface area (Å²) < 4.78 is 0. The fraction of sp³-hybridized carbons (Fsp3) is 0. The Bertz CT molecular complexity index is 2600. The zero-order valence-corrected chi connectivity index (χ0v) is 27.1. The maximum Gasteiger partial charge on any atom is 0.160 e. The van der Waals surface area contributed by atoms with E-state index in [1.54, 1.807) is 0 Å². The summed E-state index contributed by atoms with van der Waals surface area (Å²) in [6, 6.07) is 62.7. The summed E-state index contributed by atoms with van der Waals surface area (Å²) in [5.41, 5.74) is 12.9. The third kappa shape index (κ3) is 5.69. The molecule has 9 rings (SSSR count). The van der Waals surface area contributed by atoms with Crippen LogP contribution in [0.5, 0.6) is 0 Å². The van der Waals surface area contributed by atoms with E-state index >= 15 is 0 Å². The normalized spacial score (nSPS) is 11.2. The van der Waals surface area contributed by atoms with Gasteiger partial charge in [-0.25, -0.2) is 19.9 Å². The van der Waals surface area contributed by atoms with Crippen LogP contribution >= 0.6 is 0 Å². The molecule has 6 aromatic carbocycles. The molecule has 4 nitrogen and oxygen atoms in total. The summed E-state index contributed by atoms with van der Waals surface area (Å²) in [5.74, 6) is 0.694. The van der Waals surface area contributed by atoms with Gasteiger partial charge in [-0.3, -0.25) is 0 Å². The van der Waals surface area contributed by atoms with Crippen LogP contribution in [-0.4, -0.2) is 19.9 Å². The first-order valence-corrected chi connectivity index (χ1v) is 16.7. The number of hydrogen-bond donors (Lipinski definition) is 0. The van der Waals surface area contributed by atoms with Crippen molar-refractivity contribution in [2.45, 2.75) is 0 Å². The van der Waals surface area contributed by atoms with Gasteiger partial charge in [-0.15, -0.1) is 0 Å². The van der Waals surface area contributed by atoms with Crippen molar-refractivity contribution in [1.82, 2.24) is 19.9 Å². The SMILES string of the molecule is c1ccc(-c2ccc(-c3cc(-c4ccc(-c5ccc6ccc7ccc(-c8ccccc8)nc7c6n5)cc4)nc(-c4ccccc4)n3)cc2)cc1. The van der Waals surface area contributed by atoms with E-state index in [0.717, 1.165) is 72.4 Å². The van der Waals surface area contributed by atoms with Crippen molar-refractivity contribution in [1.29, 1.82) is 0 Å². The molecule has 0 unspecified atom stereocenters. The molecule has 0 aliphatic heterocycles. The van der Waals surface area contributed by atoms with E-state index in [9.17, 15) is 0 Å². The van der Waals surface area contributed by atoms with Gasteiger partial charge in [-0.1, -0.05) is 164 Å². The molecule has 0 fully saturated rings. The van der Waals surface area contributed by atoms with Crippen molar-refractivity contribution in [2.75, 3.05) is 0 Å². The quantitative estimate of drug-likeness (QED) is 0.170. The summed E-state index contributed by atoms with van der Waals surface area (Å²) >= 11 is 0. The van der Waals surface area contributed by atoms with E-state index < -0.39 is 0 Å². The van der Waals surface area contributed by atoms with Crippen LogP contribution < -0.4 is 0 Å². The van der Waals surface area contributed by atoms with Crippen LogP contribution in [0.3, 0.4) is 0 Å². The smallest absolute Gasteiger partial charge is 0.160 e. The summed E-state index contributed by atoms with van der Waals surface area (Å²) in [6.45, 7) is 0. The van der Waals surface area contributed by atoms with E-state index in [1.807, 2.05) is 42.5 Å². The summed E-state index contributed by atoms with van der Waals surface area (Å²) in [6.07, 6.45) is 0. The second-order valence-electron chi connectivity index (χ2n) is 12.3. The molecule has 0 saturated carbocycles. The number of aromatic nitrogens is 4. The average Bonchev–Trinajstić information content (AvgIpc) is 3.21. The molecule has 0 aliphatic carbocycles. The molecule has 4 heteroatoms. The molecular formula is C46H30N4. The molecule has 0 spiro atoms. The molecular weight excluding hydrogens is 609 g/mol. The van der Waals surface area contributed by atoms with Gasteiger partial charge in [0.2, 0.25) is 0 Å². The van der Waals surface area contributed by atoms with Gasteiger partial charge < -0.3 is 0 Å². The van der Waals surface area contributed by atoms with E-state index in [2.05, 4.69) is 140 Å². The highest BCUT2D eigenvalue weighted by Gasteiger charge is 2.13. The molecule has 3 heterocycles. The van der Waals surface area contributed by atoms with Crippen molar-refractivity contribution in [3.05, 3.63) is 182 Å². The maximum atomic E-state index is 5.16. The van der Waals surface area contributed by atoms with Crippen molar-refractivity contribution in [3.8, 4) is 67.5 Å². The topological polar surface area (TPSA) is 51.6 Å². The summed E-state index contributed by atoms with van der Waals surface area (Å²) in [4.78, 5) is 20.3. The Balaban J connectivity index is 1.09. The van der Waals surface area contributed by atoms with Gasteiger partial charge in [0, 0.05) is 38.6 Å². The van der Waals surface area contributed by atoms with Crippen LogP contribution in [0.1, 0.15) is 0 Å². The molecule has 0 radical (unpaired) electrons. The molecule has 50 heavy (non-hydrogen) atoms. The van der Waals surface area contributed by atoms with Gasteiger partial charge in [0.05, 0.1) is 33.8 Å². The highest BCUT2D eigenvalue weighted by Crippen LogP contribution is 2.32. The highest BCUT2D eigenvalue weighted by atomic mass is 14.9. The lowest BCUT2D eigenvalue weighted by Gasteiger charge is -2.11. The Labute approximate surface area is 290 Å². The Morgan fingerprint density at radius 1 is 0.240 bits per heavy atom. The minimum Gasteiger partial charge on any atom is -0.245 e. The minimum absolute atomic E-state index is 0.694. The maximum absolute atomic E-state index is 5.16. The Kier molecular flexibility index (Phi) is 7.45. The standard InChI is InChI=1S/C46H30N4/c1-4-10-31(11-5-1)32-16-18-35(19-17-32)42-30-43(50-46(49-42)39-14-8-3-9-15-39)36-22-20-34(21-23-36)41-29-27-38-25-24-37-26-28-40(33-12-6-2-7-13-33)47-44(37)45(38)48-41/h1-30H. The van der Waals surface area contributed by atoms with E-state index in [-0.39, 0.29) is 0 Å². The largest absolute Gasteiger partial charge is 0.245 e. The average molecular weight is 639 g/mol. The number of pyridine rings is 2. The zero-order chi connectivity index (χ0) is 33.3. The number of fused-ring (bicyclic) bond motifs is 3. The van der Waals surface area contributed by atoms with Crippen LogP contribution in [0, 0.1) is 0 Å². The molecule has 3 aromatic heterocycles. The predicted octanol–water partition coefficient (Wildman–Crippen LogP) is 11.6. The lowest BCUT2D eigenvalue weighted by Crippen LogP contribution is -1.96. The third-order valence-electron chi connectivity index (χ3n) is 9.11. The van der Waals surface area contributed by atoms with Crippen molar-refractivity contribution in [2.24, 2.45) is 0 Å². The first-order valence-electron chi connectivity index (χ1n) is 16.7. The van der Waals surface area contributed by atoms with Crippen molar-refractivity contribution >= 4 is 21.8 Å². The van der Waals surface area contributed by atoms with Crippen LogP contribution in [0.4, 0.5) is 0 Å².